The van der Waals surface area contributed by atoms with Crippen molar-refractivity contribution >= 4 is 13.9 Å². The Balaban J connectivity index is 2.98. The number of nitrogens with one attached hydrogen (secondary N) is 1. The van der Waals surface area contributed by atoms with Gasteiger partial charge in [-0.15, -0.1) is 0 Å². The molecule has 0 saturated heterocycles. The summed E-state index contributed by atoms with van der Waals surface area (Å²) in [6.45, 7) is 9.01. The monoisotopic (exact) mass is 250 g/mol. The Morgan fingerprint density at radius 2 is 2.24 bits per heavy atom. The molecule has 1 N–H and O–H groups in total. The molecule has 0 bridgehead atoms. The Morgan fingerprint density at radius 1 is 1.53 bits per heavy atom. The molecule has 1 atom stereocenters. The van der Waals surface area contributed by atoms with Gasteiger partial charge in [0.15, 0.2) is 5.84 Å². The first-order chi connectivity index (χ1) is 7.95. The second kappa shape index (κ2) is 5.93. The lowest BCUT2D eigenvalue weighted by Gasteiger charge is -2.22. The molecule has 0 aliphatic heterocycles. The molecule has 93 valence electrons. The van der Waals surface area contributed by atoms with Gasteiger partial charge in [0.05, 0.1) is 15.2 Å². The number of aliphatic imine (C=N–C) groups is 1. The smallest absolute Gasteiger partial charge is 0.171 e. The van der Waals surface area contributed by atoms with Crippen LogP contribution in [0.4, 0.5) is 0 Å². The molecule has 0 spiro atoms. The van der Waals surface area contributed by atoms with Crippen LogP contribution in [0.1, 0.15) is 12.6 Å². The van der Waals surface area contributed by atoms with Gasteiger partial charge < -0.3 is 0 Å². The second-order valence-electron chi connectivity index (χ2n) is 4.97. The molecule has 0 saturated carbocycles. The van der Waals surface area contributed by atoms with Gasteiger partial charge in [-0.2, -0.15) is 0 Å². The van der Waals surface area contributed by atoms with E-state index < -0.39 is 8.07 Å². The van der Waals surface area contributed by atoms with E-state index in [0.29, 0.717) is 11.5 Å². The van der Waals surface area contributed by atoms with Crippen molar-refractivity contribution in [3.63, 3.8) is 0 Å². The fourth-order valence-electron chi connectivity index (χ4n) is 1.09. The third kappa shape index (κ3) is 4.28. The van der Waals surface area contributed by atoms with Crippen LogP contribution in [0.5, 0.6) is 0 Å². The van der Waals surface area contributed by atoms with E-state index in [1.165, 1.54) is 0 Å². The van der Waals surface area contributed by atoms with Crippen molar-refractivity contribution < 1.29 is 4.84 Å². The molecule has 0 aromatic carbocycles. The maximum Gasteiger partial charge on any atom is 0.171 e. The number of nitrogens with zero attached hydrogens (tertiary/aromatic N) is 2. The summed E-state index contributed by atoms with van der Waals surface area (Å²) in [5.74, 6) is 0.677. The molecule has 1 radical (unpaired) electrons. The Hall–Kier alpha value is -1.20. The van der Waals surface area contributed by atoms with Gasteiger partial charge in [-0.3, -0.25) is 14.8 Å². The minimum Gasteiger partial charge on any atom is -0.278 e. The van der Waals surface area contributed by atoms with E-state index in [4.69, 9.17) is 4.84 Å². The van der Waals surface area contributed by atoms with Crippen molar-refractivity contribution in [2.24, 2.45) is 4.99 Å². The van der Waals surface area contributed by atoms with Crippen LogP contribution < -0.4 is 5.48 Å². The summed E-state index contributed by atoms with van der Waals surface area (Å²) < 4.78 is 0. The SMILES string of the molecule is CON/C(=N/C(C)[Si](C)(C)C)c1cc[c]cn1. The van der Waals surface area contributed by atoms with Crippen LogP contribution in [-0.2, 0) is 4.84 Å². The van der Waals surface area contributed by atoms with Gasteiger partial charge in [0.2, 0.25) is 0 Å². The van der Waals surface area contributed by atoms with Crippen molar-refractivity contribution in [1.29, 1.82) is 0 Å². The molecule has 1 aromatic rings. The Bertz CT molecular complexity index is 373. The zero-order valence-electron chi connectivity index (χ0n) is 11.1. The number of amidine groups is 1. The molecule has 0 fully saturated rings. The quantitative estimate of drug-likeness (QED) is 0.385. The van der Waals surface area contributed by atoms with Gasteiger partial charge in [0, 0.05) is 17.9 Å². The van der Waals surface area contributed by atoms with Crippen molar-refractivity contribution in [3.05, 3.63) is 30.1 Å². The highest BCUT2D eigenvalue weighted by Gasteiger charge is 2.22. The molecule has 0 aliphatic rings. The average Bonchev–Trinajstić information content (AvgIpc) is 2.28. The molecule has 1 heterocycles. The number of hydrogen-bond acceptors (Lipinski definition) is 3. The first-order valence-electron chi connectivity index (χ1n) is 5.64. The average molecular weight is 250 g/mol. The number of rotatable bonds is 4. The third-order valence-corrected chi connectivity index (χ3v) is 5.27. The minimum absolute atomic E-state index is 0.297. The predicted molar refractivity (Wildman–Crippen MR) is 72.6 cm³/mol. The van der Waals surface area contributed by atoms with E-state index in [0.717, 1.165) is 5.69 Å². The Labute approximate surface area is 104 Å². The lowest BCUT2D eigenvalue weighted by Crippen LogP contribution is -2.37. The number of aromatic nitrogens is 1. The predicted octanol–water partition coefficient (Wildman–Crippen LogP) is 2.05. The molecular weight excluding hydrogens is 230 g/mol. The maximum atomic E-state index is 4.96. The van der Waals surface area contributed by atoms with Gasteiger partial charge in [-0.1, -0.05) is 25.7 Å². The zero-order chi connectivity index (χ0) is 12.9. The van der Waals surface area contributed by atoms with Crippen LogP contribution in [0.2, 0.25) is 19.6 Å². The molecular formula is C12H20N3OSi. The highest BCUT2D eigenvalue weighted by atomic mass is 28.3. The van der Waals surface area contributed by atoms with Crippen LogP contribution >= 0.6 is 0 Å². The van der Waals surface area contributed by atoms with Gasteiger partial charge in [-0.05, 0) is 13.0 Å². The number of hydroxylamine groups is 1. The summed E-state index contributed by atoms with van der Waals surface area (Å²) in [6, 6.07) is 6.56. The van der Waals surface area contributed by atoms with Crippen molar-refractivity contribution in [3.8, 4) is 0 Å². The van der Waals surface area contributed by atoms with Gasteiger partial charge in [-0.25, -0.2) is 5.48 Å². The summed E-state index contributed by atoms with van der Waals surface area (Å²) in [5.41, 5.74) is 3.87. The minimum atomic E-state index is -1.30. The Kier molecular flexibility index (Phi) is 4.83. The van der Waals surface area contributed by atoms with Crippen LogP contribution in [0.25, 0.3) is 0 Å². The van der Waals surface area contributed by atoms with Crippen LogP contribution in [-0.4, -0.2) is 31.7 Å². The fraction of sp³-hybridized carbons (Fsp3) is 0.500. The third-order valence-electron chi connectivity index (χ3n) is 2.63. The molecule has 17 heavy (non-hydrogen) atoms. The zero-order valence-corrected chi connectivity index (χ0v) is 12.1. The summed E-state index contributed by atoms with van der Waals surface area (Å²) in [5, 5.41) is 0. The Morgan fingerprint density at radius 3 is 2.71 bits per heavy atom. The van der Waals surface area contributed by atoms with Crippen molar-refractivity contribution in [2.75, 3.05) is 7.11 Å². The number of pyridine rings is 1. The van der Waals surface area contributed by atoms with E-state index in [1.54, 1.807) is 13.3 Å². The molecule has 5 heteroatoms. The van der Waals surface area contributed by atoms with E-state index in [1.807, 2.05) is 12.1 Å². The maximum absolute atomic E-state index is 4.96. The topological polar surface area (TPSA) is 46.5 Å². The lowest BCUT2D eigenvalue weighted by molar-refractivity contribution is 0.144. The van der Waals surface area contributed by atoms with E-state index in [2.05, 4.69) is 48.1 Å². The molecule has 4 nitrogen and oxygen atoms in total. The highest BCUT2D eigenvalue weighted by Crippen LogP contribution is 2.11. The summed E-state index contributed by atoms with van der Waals surface area (Å²) in [7, 11) is 0.269. The molecule has 1 unspecified atom stereocenters. The van der Waals surface area contributed by atoms with Gasteiger partial charge in [0.1, 0.15) is 5.69 Å². The van der Waals surface area contributed by atoms with Crippen LogP contribution in [0.3, 0.4) is 0 Å². The molecule has 0 amide bonds. The summed E-state index contributed by atoms with van der Waals surface area (Å²) in [4.78, 5) is 13.8. The van der Waals surface area contributed by atoms with E-state index >= 15 is 0 Å². The van der Waals surface area contributed by atoms with Gasteiger partial charge in [0.25, 0.3) is 0 Å². The molecule has 0 aliphatic carbocycles. The van der Waals surface area contributed by atoms with Crippen molar-refractivity contribution in [1.82, 2.24) is 10.5 Å². The highest BCUT2D eigenvalue weighted by molar-refractivity contribution is 6.77. The largest absolute Gasteiger partial charge is 0.278 e. The van der Waals surface area contributed by atoms with Crippen LogP contribution in [0.15, 0.2) is 23.3 Å². The van der Waals surface area contributed by atoms with E-state index in [-0.39, 0.29) is 0 Å². The number of hydrogen-bond donors (Lipinski definition) is 1. The van der Waals surface area contributed by atoms with Crippen LogP contribution in [0, 0.1) is 6.07 Å². The van der Waals surface area contributed by atoms with Gasteiger partial charge >= 0.3 is 0 Å². The first-order valence-corrected chi connectivity index (χ1v) is 9.22. The summed E-state index contributed by atoms with van der Waals surface area (Å²) >= 11 is 0. The molecule has 1 rings (SSSR count). The van der Waals surface area contributed by atoms with E-state index in [9.17, 15) is 0 Å². The fourth-order valence-corrected chi connectivity index (χ4v) is 1.61. The summed E-state index contributed by atoms with van der Waals surface area (Å²) in [6.07, 6.45) is 1.63. The second-order valence-corrected chi connectivity index (χ2v) is 10.5. The normalized spacial score (nSPS) is 14.5. The first kappa shape index (κ1) is 13.9. The lowest BCUT2D eigenvalue weighted by atomic mass is 10.3. The van der Waals surface area contributed by atoms with Crippen molar-refractivity contribution in [2.45, 2.75) is 32.2 Å². The molecule has 1 aromatic heterocycles. The standard InChI is InChI=1S/C12H20N3OSi/c1-10(17(3,4)5)14-12(15-16-2)11-8-6-7-9-13-11/h6,8-10H,1-5H3,(H,14,15).